The second-order valence-electron chi connectivity index (χ2n) is 5.19. The Morgan fingerprint density at radius 1 is 1.21 bits per heavy atom. The van der Waals surface area contributed by atoms with Gasteiger partial charge in [0.15, 0.2) is 0 Å². The van der Waals surface area contributed by atoms with Gasteiger partial charge < -0.3 is 4.74 Å². The maximum Gasteiger partial charge on any atom is 0.412 e. The van der Waals surface area contributed by atoms with Crippen LogP contribution in [0.15, 0.2) is 36.7 Å². The molecule has 100 valence electrons. The van der Waals surface area contributed by atoms with E-state index in [0.717, 1.165) is 11.1 Å². The fourth-order valence-electron chi connectivity index (χ4n) is 1.58. The minimum absolute atomic E-state index is 0.455. The number of rotatable bonds is 2. The summed E-state index contributed by atoms with van der Waals surface area (Å²) in [5, 5.41) is 9.34. The first kappa shape index (κ1) is 13.1. The summed E-state index contributed by atoms with van der Waals surface area (Å²) in [5.74, 6) is 0. The highest BCUT2D eigenvalue weighted by Gasteiger charge is 2.16. The zero-order valence-electron chi connectivity index (χ0n) is 11.2. The van der Waals surface area contributed by atoms with Crippen LogP contribution in [0.3, 0.4) is 0 Å². The van der Waals surface area contributed by atoms with Gasteiger partial charge in [-0.2, -0.15) is 5.10 Å². The molecule has 2 rings (SSSR count). The molecule has 0 aliphatic heterocycles. The predicted molar refractivity (Wildman–Crippen MR) is 73.9 cm³/mol. The minimum atomic E-state index is -0.499. The van der Waals surface area contributed by atoms with Gasteiger partial charge in [-0.15, -0.1) is 0 Å². The third kappa shape index (κ3) is 3.84. The quantitative estimate of drug-likeness (QED) is 0.868. The highest BCUT2D eigenvalue weighted by atomic mass is 16.6. The molecule has 0 unspecified atom stereocenters. The standard InChI is InChI=1S/C14H17N3O2/c1-14(2,3)19-13(18)17-12-6-4-10(5-7-12)11-8-15-16-9-11/h4-9H,1-3H3,(H,15,16)(H,17,18). The molecule has 5 nitrogen and oxygen atoms in total. The number of benzene rings is 1. The number of nitrogens with zero attached hydrogens (tertiary/aromatic N) is 1. The fourth-order valence-corrected chi connectivity index (χ4v) is 1.58. The fraction of sp³-hybridized carbons (Fsp3) is 0.286. The molecule has 0 saturated heterocycles. The number of anilines is 1. The molecule has 0 fully saturated rings. The van der Waals surface area contributed by atoms with Gasteiger partial charge in [0.05, 0.1) is 6.20 Å². The molecule has 19 heavy (non-hydrogen) atoms. The van der Waals surface area contributed by atoms with E-state index in [2.05, 4.69) is 15.5 Å². The highest BCUT2D eigenvalue weighted by Crippen LogP contribution is 2.20. The molecular formula is C14H17N3O2. The van der Waals surface area contributed by atoms with Gasteiger partial charge in [-0.3, -0.25) is 10.4 Å². The SMILES string of the molecule is CC(C)(C)OC(=O)Nc1ccc(-c2cn[nH]c2)cc1. The molecule has 5 heteroatoms. The van der Waals surface area contributed by atoms with Crippen LogP contribution in [0.25, 0.3) is 11.1 Å². The van der Waals surface area contributed by atoms with Crippen molar-refractivity contribution in [3.05, 3.63) is 36.7 Å². The smallest absolute Gasteiger partial charge is 0.412 e. The summed E-state index contributed by atoms with van der Waals surface area (Å²) in [7, 11) is 0. The van der Waals surface area contributed by atoms with Crippen LogP contribution in [0, 0.1) is 0 Å². The van der Waals surface area contributed by atoms with Crippen molar-refractivity contribution in [2.24, 2.45) is 0 Å². The monoisotopic (exact) mass is 259 g/mol. The third-order valence-electron chi connectivity index (χ3n) is 2.36. The van der Waals surface area contributed by atoms with Gasteiger partial charge in [0.2, 0.25) is 0 Å². The van der Waals surface area contributed by atoms with Crippen molar-refractivity contribution in [1.82, 2.24) is 10.2 Å². The Bertz CT molecular complexity index is 539. The van der Waals surface area contributed by atoms with Gasteiger partial charge in [0, 0.05) is 17.4 Å². The summed E-state index contributed by atoms with van der Waals surface area (Å²) in [6.45, 7) is 5.48. The average Bonchev–Trinajstić information content (AvgIpc) is 2.80. The molecule has 0 radical (unpaired) electrons. The first-order chi connectivity index (χ1) is 8.94. The molecule has 0 aliphatic rings. The number of aromatic nitrogens is 2. The number of aromatic amines is 1. The summed E-state index contributed by atoms with van der Waals surface area (Å²) in [6, 6.07) is 7.48. The van der Waals surface area contributed by atoms with Crippen LogP contribution in [0.2, 0.25) is 0 Å². The number of carbonyl (C=O) groups excluding carboxylic acids is 1. The normalized spacial score (nSPS) is 11.1. The second kappa shape index (κ2) is 5.14. The maximum atomic E-state index is 11.6. The number of hydrogen-bond acceptors (Lipinski definition) is 3. The van der Waals surface area contributed by atoms with Gasteiger partial charge in [-0.25, -0.2) is 4.79 Å². The van der Waals surface area contributed by atoms with E-state index in [0.29, 0.717) is 5.69 Å². The number of nitrogens with one attached hydrogen (secondary N) is 2. The Kier molecular flexibility index (Phi) is 3.55. The van der Waals surface area contributed by atoms with Crippen LogP contribution in [-0.2, 0) is 4.74 Å². The molecule has 1 aromatic carbocycles. The van der Waals surface area contributed by atoms with Crippen molar-refractivity contribution in [2.75, 3.05) is 5.32 Å². The first-order valence-corrected chi connectivity index (χ1v) is 6.03. The summed E-state index contributed by atoms with van der Waals surface area (Å²) in [6.07, 6.45) is 3.11. The van der Waals surface area contributed by atoms with E-state index in [1.807, 2.05) is 51.2 Å². The van der Waals surface area contributed by atoms with Crippen LogP contribution >= 0.6 is 0 Å². The van der Waals surface area contributed by atoms with E-state index >= 15 is 0 Å². The van der Waals surface area contributed by atoms with Crippen molar-refractivity contribution in [2.45, 2.75) is 26.4 Å². The molecule has 2 N–H and O–H groups in total. The molecule has 1 amide bonds. The van der Waals surface area contributed by atoms with Crippen LogP contribution in [0.4, 0.5) is 10.5 Å². The summed E-state index contributed by atoms with van der Waals surface area (Å²) < 4.78 is 5.18. The maximum absolute atomic E-state index is 11.6. The van der Waals surface area contributed by atoms with Gasteiger partial charge >= 0.3 is 6.09 Å². The molecule has 1 heterocycles. The zero-order chi connectivity index (χ0) is 13.9. The van der Waals surface area contributed by atoms with Gasteiger partial charge in [0.1, 0.15) is 5.60 Å². The van der Waals surface area contributed by atoms with E-state index < -0.39 is 11.7 Å². The van der Waals surface area contributed by atoms with Gasteiger partial charge in [0.25, 0.3) is 0 Å². The Labute approximate surface area is 112 Å². The summed E-state index contributed by atoms with van der Waals surface area (Å²) in [5.41, 5.74) is 2.23. The second-order valence-corrected chi connectivity index (χ2v) is 5.19. The predicted octanol–water partition coefficient (Wildman–Crippen LogP) is 3.42. The Morgan fingerprint density at radius 2 is 1.89 bits per heavy atom. The lowest BCUT2D eigenvalue weighted by molar-refractivity contribution is 0.0636. The van der Waals surface area contributed by atoms with Crippen molar-refractivity contribution in [1.29, 1.82) is 0 Å². The van der Waals surface area contributed by atoms with Crippen LogP contribution in [0.5, 0.6) is 0 Å². The van der Waals surface area contributed by atoms with E-state index in [-0.39, 0.29) is 0 Å². The van der Waals surface area contributed by atoms with Crippen LogP contribution in [-0.4, -0.2) is 21.9 Å². The highest BCUT2D eigenvalue weighted by molar-refractivity contribution is 5.85. The van der Waals surface area contributed by atoms with Crippen LogP contribution < -0.4 is 5.32 Å². The topological polar surface area (TPSA) is 67.0 Å². The van der Waals surface area contributed by atoms with Crippen molar-refractivity contribution < 1.29 is 9.53 Å². The first-order valence-electron chi connectivity index (χ1n) is 6.03. The number of hydrogen-bond donors (Lipinski definition) is 2. The third-order valence-corrected chi connectivity index (χ3v) is 2.36. The van der Waals surface area contributed by atoms with Crippen molar-refractivity contribution in [3.8, 4) is 11.1 Å². The molecule has 0 atom stereocenters. The molecule has 0 bridgehead atoms. The molecular weight excluding hydrogens is 242 g/mol. The lowest BCUT2D eigenvalue weighted by atomic mass is 10.1. The lowest BCUT2D eigenvalue weighted by Crippen LogP contribution is -2.27. The van der Waals surface area contributed by atoms with Crippen molar-refractivity contribution in [3.63, 3.8) is 0 Å². The van der Waals surface area contributed by atoms with Crippen LogP contribution in [0.1, 0.15) is 20.8 Å². The lowest BCUT2D eigenvalue weighted by Gasteiger charge is -2.19. The molecule has 1 aromatic heterocycles. The van der Waals surface area contributed by atoms with Gasteiger partial charge in [-0.1, -0.05) is 12.1 Å². The Hall–Kier alpha value is -2.30. The van der Waals surface area contributed by atoms with Crippen molar-refractivity contribution >= 4 is 11.8 Å². The molecule has 0 saturated carbocycles. The van der Waals surface area contributed by atoms with E-state index in [1.165, 1.54) is 0 Å². The van der Waals surface area contributed by atoms with E-state index in [1.54, 1.807) is 6.20 Å². The number of amides is 1. The minimum Gasteiger partial charge on any atom is -0.444 e. The van der Waals surface area contributed by atoms with Gasteiger partial charge in [-0.05, 0) is 38.5 Å². The Morgan fingerprint density at radius 3 is 2.42 bits per heavy atom. The Balaban J connectivity index is 2.01. The zero-order valence-corrected chi connectivity index (χ0v) is 11.2. The average molecular weight is 259 g/mol. The van der Waals surface area contributed by atoms with E-state index in [9.17, 15) is 4.79 Å². The number of ether oxygens (including phenoxy) is 1. The number of carbonyl (C=O) groups is 1. The van der Waals surface area contributed by atoms with E-state index in [4.69, 9.17) is 4.74 Å². The summed E-state index contributed by atoms with van der Waals surface area (Å²) >= 11 is 0. The summed E-state index contributed by atoms with van der Waals surface area (Å²) in [4.78, 5) is 11.6. The molecule has 0 aliphatic carbocycles. The number of H-pyrrole nitrogens is 1. The molecule has 2 aromatic rings. The largest absolute Gasteiger partial charge is 0.444 e. The molecule has 0 spiro atoms.